The van der Waals surface area contributed by atoms with Crippen molar-refractivity contribution in [2.45, 2.75) is 100 Å². The van der Waals surface area contributed by atoms with Crippen molar-refractivity contribution in [2.24, 2.45) is 29.1 Å². The third kappa shape index (κ3) is 16.1. The highest BCUT2D eigenvalue weighted by Gasteiger charge is 2.36. The van der Waals surface area contributed by atoms with Crippen molar-refractivity contribution < 1.29 is 28.6 Å². The summed E-state index contributed by atoms with van der Waals surface area (Å²) in [6.45, 7) is 16.7. The summed E-state index contributed by atoms with van der Waals surface area (Å²) in [7, 11) is 0. The fourth-order valence-electron chi connectivity index (χ4n) is 3.30. The van der Waals surface area contributed by atoms with Crippen LogP contribution in [-0.4, -0.2) is 37.7 Å². The Balaban J connectivity index is 5.26. The predicted octanol–water partition coefficient (Wildman–Crippen LogP) is 5.96. The number of esters is 3. The standard InChI is InChI=1S/C26H48O6/c1-19(2)9-12-23(27)30-16-26(15-22(7)8,17-31-24(28)13-10-20(3)4)18-32-25(29)14-11-21(5)6/h19-22H,9-18H2,1-8H3. The highest BCUT2D eigenvalue weighted by atomic mass is 16.6. The van der Waals surface area contributed by atoms with Gasteiger partial charge in [0.2, 0.25) is 0 Å². The molecule has 0 aliphatic heterocycles. The van der Waals surface area contributed by atoms with Crippen LogP contribution >= 0.6 is 0 Å². The maximum Gasteiger partial charge on any atom is 0.305 e. The van der Waals surface area contributed by atoms with Gasteiger partial charge in [-0.05, 0) is 49.4 Å². The van der Waals surface area contributed by atoms with E-state index < -0.39 is 5.41 Å². The maximum atomic E-state index is 12.3. The molecule has 0 fully saturated rings. The first kappa shape index (κ1) is 30.4. The first-order valence-electron chi connectivity index (χ1n) is 12.3. The van der Waals surface area contributed by atoms with Crippen LogP contribution in [-0.2, 0) is 28.6 Å². The summed E-state index contributed by atoms with van der Waals surface area (Å²) in [5.41, 5.74) is -0.747. The number of carbonyl (C=O) groups is 3. The zero-order chi connectivity index (χ0) is 24.7. The van der Waals surface area contributed by atoms with Gasteiger partial charge < -0.3 is 14.2 Å². The Kier molecular flexibility index (Phi) is 15.3. The Morgan fingerprint density at radius 1 is 0.531 bits per heavy atom. The van der Waals surface area contributed by atoms with Crippen LogP contribution in [0, 0.1) is 29.1 Å². The fourth-order valence-corrected chi connectivity index (χ4v) is 3.30. The third-order valence-corrected chi connectivity index (χ3v) is 5.24. The Hall–Kier alpha value is -1.59. The molecule has 0 aliphatic rings. The van der Waals surface area contributed by atoms with Crippen molar-refractivity contribution in [3.63, 3.8) is 0 Å². The summed E-state index contributed by atoms with van der Waals surface area (Å²) >= 11 is 0. The second-order valence-corrected chi connectivity index (χ2v) is 10.9. The van der Waals surface area contributed by atoms with Crippen LogP contribution in [0.5, 0.6) is 0 Å². The molecule has 0 saturated carbocycles. The average Bonchev–Trinajstić information content (AvgIpc) is 2.69. The zero-order valence-corrected chi connectivity index (χ0v) is 21.8. The van der Waals surface area contributed by atoms with Gasteiger partial charge in [0.05, 0.1) is 5.41 Å². The van der Waals surface area contributed by atoms with Gasteiger partial charge >= 0.3 is 17.9 Å². The van der Waals surface area contributed by atoms with Crippen LogP contribution in [0.4, 0.5) is 0 Å². The van der Waals surface area contributed by atoms with E-state index in [1.165, 1.54) is 0 Å². The van der Waals surface area contributed by atoms with Crippen LogP contribution in [0.15, 0.2) is 0 Å². The molecule has 0 N–H and O–H groups in total. The van der Waals surface area contributed by atoms with Gasteiger partial charge in [-0.1, -0.05) is 55.4 Å². The molecule has 0 amide bonds. The van der Waals surface area contributed by atoms with Gasteiger partial charge in [-0.3, -0.25) is 14.4 Å². The molecule has 0 unspecified atom stereocenters. The lowest BCUT2D eigenvalue weighted by Gasteiger charge is -2.33. The number of hydrogen-bond donors (Lipinski definition) is 0. The minimum atomic E-state index is -0.747. The van der Waals surface area contributed by atoms with E-state index in [0.29, 0.717) is 43.4 Å². The van der Waals surface area contributed by atoms with Gasteiger partial charge in [-0.2, -0.15) is 0 Å². The van der Waals surface area contributed by atoms with E-state index in [1.54, 1.807) is 0 Å². The highest BCUT2D eigenvalue weighted by Crippen LogP contribution is 2.30. The van der Waals surface area contributed by atoms with E-state index in [4.69, 9.17) is 14.2 Å². The molecule has 0 spiro atoms. The summed E-state index contributed by atoms with van der Waals surface area (Å²) in [4.78, 5) is 36.8. The smallest absolute Gasteiger partial charge is 0.305 e. The molecular formula is C26H48O6. The second kappa shape index (κ2) is 16.1. The first-order chi connectivity index (χ1) is 14.8. The lowest BCUT2D eigenvalue weighted by Crippen LogP contribution is -2.40. The number of rotatable bonds is 17. The van der Waals surface area contributed by atoms with Gasteiger partial charge in [-0.15, -0.1) is 0 Å². The second-order valence-electron chi connectivity index (χ2n) is 10.9. The summed E-state index contributed by atoms with van der Waals surface area (Å²) in [5.74, 6) is 0.649. The Bertz CT molecular complexity index is 481. The van der Waals surface area contributed by atoms with E-state index in [9.17, 15) is 14.4 Å². The lowest BCUT2D eigenvalue weighted by atomic mass is 9.82. The number of hydrogen-bond acceptors (Lipinski definition) is 6. The van der Waals surface area contributed by atoms with E-state index in [-0.39, 0.29) is 43.6 Å². The Labute approximate surface area is 196 Å². The van der Waals surface area contributed by atoms with E-state index in [2.05, 4.69) is 55.4 Å². The largest absolute Gasteiger partial charge is 0.465 e. The van der Waals surface area contributed by atoms with Crippen molar-refractivity contribution in [1.29, 1.82) is 0 Å². The predicted molar refractivity (Wildman–Crippen MR) is 127 cm³/mol. The minimum Gasteiger partial charge on any atom is -0.465 e. The molecule has 0 saturated heterocycles. The monoisotopic (exact) mass is 456 g/mol. The van der Waals surface area contributed by atoms with Gasteiger partial charge in [0.1, 0.15) is 19.8 Å². The molecule has 32 heavy (non-hydrogen) atoms. The van der Waals surface area contributed by atoms with Crippen molar-refractivity contribution in [3.05, 3.63) is 0 Å². The molecule has 0 rings (SSSR count). The van der Waals surface area contributed by atoms with Crippen LogP contribution < -0.4 is 0 Å². The molecule has 0 aromatic carbocycles. The van der Waals surface area contributed by atoms with Crippen molar-refractivity contribution in [1.82, 2.24) is 0 Å². The zero-order valence-electron chi connectivity index (χ0n) is 21.8. The fraction of sp³-hybridized carbons (Fsp3) is 0.885. The average molecular weight is 457 g/mol. The first-order valence-corrected chi connectivity index (χ1v) is 12.3. The molecule has 188 valence electrons. The van der Waals surface area contributed by atoms with Gasteiger partial charge in [0.15, 0.2) is 0 Å². The van der Waals surface area contributed by atoms with Crippen LogP contribution in [0.1, 0.15) is 100 Å². The quantitative estimate of drug-likeness (QED) is 0.198. The molecule has 0 bridgehead atoms. The number of ether oxygens (including phenoxy) is 3. The maximum absolute atomic E-state index is 12.3. The lowest BCUT2D eigenvalue weighted by molar-refractivity contribution is -0.163. The molecule has 0 atom stereocenters. The van der Waals surface area contributed by atoms with Gasteiger partial charge in [0.25, 0.3) is 0 Å². The number of carbonyl (C=O) groups excluding carboxylic acids is 3. The summed E-state index contributed by atoms with van der Waals surface area (Å²) in [5, 5.41) is 0. The summed E-state index contributed by atoms with van der Waals surface area (Å²) < 4.78 is 16.8. The molecule has 0 aliphatic carbocycles. The Morgan fingerprint density at radius 2 is 0.812 bits per heavy atom. The van der Waals surface area contributed by atoms with Crippen LogP contribution in [0.2, 0.25) is 0 Å². The summed E-state index contributed by atoms with van der Waals surface area (Å²) in [6, 6.07) is 0. The Morgan fingerprint density at radius 3 is 1.03 bits per heavy atom. The molecule has 0 aromatic rings. The van der Waals surface area contributed by atoms with E-state index in [0.717, 1.165) is 19.3 Å². The molecule has 6 nitrogen and oxygen atoms in total. The van der Waals surface area contributed by atoms with Crippen molar-refractivity contribution in [2.75, 3.05) is 19.8 Å². The van der Waals surface area contributed by atoms with Gasteiger partial charge in [-0.25, -0.2) is 0 Å². The molecule has 6 heteroatoms. The normalized spacial score (nSPS) is 12.0. The molecule has 0 radical (unpaired) electrons. The van der Waals surface area contributed by atoms with Crippen molar-refractivity contribution in [3.8, 4) is 0 Å². The summed E-state index contributed by atoms with van der Waals surface area (Å²) in [6.07, 6.45) is 3.91. The van der Waals surface area contributed by atoms with Crippen LogP contribution in [0.25, 0.3) is 0 Å². The van der Waals surface area contributed by atoms with Crippen LogP contribution in [0.3, 0.4) is 0 Å². The topological polar surface area (TPSA) is 78.9 Å². The van der Waals surface area contributed by atoms with E-state index >= 15 is 0 Å². The van der Waals surface area contributed by atoms with Gasteiger partial charge in [0, 0.05) is 19.3 Å². The van der Waals surface area contributed by atoms with Crippen molar-refractivity contribution >= 4 is 17.9 Å². The SMILES string of the molecule is CC(C)CCC(=O)OCC(COC(=O)CCC(C)C)(COC(=O)CCC(C)C)CC(C)C. The molecule has 0 aromatic heterocycles. The third-order valence-electron chi connectivity index (χ3n) is 5.24. The molecular weight excluding hydrogens is 408 g/mol. The van der Waals surface area contributed by atoms with E-state index in [1.807, 2.05) is 0 Å². The molecule has 0 heterocycles. The minimum absolute atomic E-state index is 0.0665. The highest BCUT2D eigenvalue weighted by molar-refractivity contribution is 5.70.